The molecule has 1 fully saturated rings. The van der Waals surface area contributed by atoms with Crippen LogP contribution in [0.1, 0.15) is 36.2 Å². The van der Waals surface area contributed by atoms with Gasteiger partial charge >= 0.3 is 0 Å². The van der Waals surface area contributed by atoms with Crippen LogP contribution in [-0.4, -0.2) is 16.0 Å². The molecule has 17 heavy (non-hydrogen) atoms. The maximum absolute atomic E-state index is 12.1. The molecular weight excluding hydrogens is 282 g/mol. The highest BCUT2D eigenvalue weighted by atomic mass is 79.9. The van der Waals surface area contributed by atoms with E-state index in [9.17, 15) is 10.1 Å². The monoisotopic (exact) mass is 295 g/mol. The predicted octanol–water partition coefficient (Wildman–Crippen LogP) is 2.35. The van der Waals surface area contributed by atoms with Crippen molar-refractivity contribution in [2.24, 2.45) is 7.05 Å². The number of hydrogen-bond acceptors (Lipinski definition) is 2. The smallest absolute Gasteiger partial charge is 0.269 e. The number of hydrogen-bond donors (Lipinski definition) is 1. The SMILES string of the molecule is Cn1cc(Br)cc1C(=O)NC1(C#N)CCCC1. The Bertz CT molecular complexity index is 480. The molecule has 1 heterocycles. The topological polar surface area (TPSA) is 57.8 Å². The fourth-order valence-corrected chi connectivity index (χ4v) is 2.80. The Kier molecular flexibility index (Phi) is 3.25. The van der Waals surface area contributed by atoms with Crippen molar-refractivity contribution in [2.75, 3.05) is 0 Å². The number of nitriles is 1. The van der Waals surface area contributed by atoms with Gasteiger partial charge in [-0.05, 0) is 47.7 Å². The molecule has 0 saturated heterocycles. The molecule has 0 radical (unpaired) electrons. The van der Waals surface area contributed by atoms with E-state index >= 15 is 0 Å². The van der Waals surface area contributed by atoms with Crippen molar-refractivity contribution in [3.8, 4) is 6.07 Å². The molecule has 90 valence electrons. The molecular formula is C12H14BrN3O. The van der Waals surface area contributed by atoms with E-state index in [1.807, 2.05) is 13.2 Å². The van der Waals surface area contributed by atoms with Gasteiger partial charge in [-0.3, -0.25) is 4.79 Å². The third-order valence-electron chi connectivity index (χ3n) is 3.23. The summed E-state index contributed by atoms with van der Waals surface area (Å²) in [6.07, 6.45) is 5.33. The van der Waals surface area contributed by atoms with Crippen LogP contribution in [-0.2, 0) is 7.05 Å². The van der Waals surface area contributed by atoms with E-state index in [0.717, 1.165) is 30.2 Å². The lowest BCUT2D eigenvalue weighted by molar-refractivity contribution is 0.0912. The van der Waals surface area contributed by atoms with Crippen LogP contribution < -0.4 is 5.32 Å². The fourth-order valence-electron chi connectivity index (χ4n) is 2.27. The van der Waals surface area contributed by atoms with Crippen molar-refractivity contribution in [1.29, 1.82) is 5.26 Å². The maximum Gasteiger partial charge on any atom is 0.269 e. The number of rotatable bonds is 2. The van der Waals surface area contributed by atoms with Gasteiger partial charge in [0.05, 0.1) is 6.07 Å². The summed E-state index contributed by atoms with van der Waals surface area (Å²) in [7, 11) is 1.81. The maximum atomic E-state index is 12.1. The summed E-state index contributed by atoms with van der Waals surface area (Å²) in [6, 6.07) is 4.01. The fraction of sp³-hybridized carbons (Fsp3) is 0.500. The Morgan fingerprint density at radius 2 is 2.24 bits per heavy atom. The first-order valence-corrected chi connectivity index (χ1v) is 6.41. The molecule has 1 aromatic heterocycles. The number of halogens is 1. The third kappa shape index (κ3) is 2.37. The van der Waals surface area contributed by atoms with Crippen molar-refractivity contribution in [2.45, 2.75) is 31.2 Å². The molecule has 1 aliphatic carbocycles. The molecule has 0 atom stereocenters. The minimum absolute atomic E-state index is 0.179. The number of nitrogens with zero attached hydrogens (tertiary/aromatic N) is 2. The van der Waals surface area contributed by atoms with Crippen molar-refractivity contribution in [3.05, 3.63) is 22.4 Å². The largest absolute Gasteiger partial charge is 0.345 e. The number of aromatic nitrogens is 1. The van der Waals surface area contributed by atoms with E-state index in [0.29, 0.717) is 5.69 Å². The van der Waals surface area contributed by atoms with Crippen molar-refractivity contribution in [1.82, 2.24) is 9.88 Å². The second-order valence-corrected chi connectivity index (χ2v) is 5.43. The number of aryl methyl sites for hydroxylation is 1. The Morgan fingerprint density at radius 3 is 2.71 bits per heavy atom. The molecule has 0 bridgehead atoms. The van der Waals surface area contributed by atoms with Crippen LogP contribution in [0.15, 0.2) is 16.7 Å². The van der Waals surface area contributed by atoms with Gasteiger partial charge in [-0.25, -0.2) is 0 Å². The van der Waals surface area contributed by atoms with Gasteiger partial charge < -0.3 is 9.88 Å². The number of carbonyl (C=O) groups excluding carboxylic acids is 1. The molecule has 1 amide bonds. The standard InChI is InChI=1S/C12H14BrN3O/c1-16-7-9(13)6-10(16)11(17)15-12(8-14)4-2-3-5-12/h6-7H,2-5H2,1H3,(H,15,17). The number of carbonyl (C=O) groups is 1. The second-order valence-electron chi connectivity index (χ2n) is 4.51. The highest BCUT2D eigenvalue weighted by molar-refractivity contribution is 9.10. The normalized spacial score (nSPS) is 17.7. The van der Waals surface area contributed by atoms with E-state index in [-0.39, 0.29) is 5.91 Å². The zero-order valence-corrected chi connectivity index (χ0v) is 11.2. The van der Waals surface area contributed by atoms with E-state index < -0.39 is 5.54 Å². The third-order valence-corrected chi connectivity index (χ3v) is 3.66. The summed E-state index contributed by atoms with van der Waals surface area (Å²) >= 11 is 3.33. The zero-order valence-electron chi connectivity index (χ0n) is 9.66. The van der Waals surface area contributed by atoms with Gasteiger partial charge in [-0.1, -0.05) is 0 Å². The predicted molar refractivity (Wildman–Crippen MR) is 67.4 cm³/mol. The van der Waals surface area contributed by atoms with Gasteiger partial charge in [0.2, 0.25) is 0 Å². The molecule has 1 N–H and O–H groups in total. The lowest BCUT2D eigenvalue weighted by Crippen LogP contribution is -2.45. The Labute approximate surface area is 109 Å². The average Bonchev–Trinajstić information content (AvgIpc) is 2.86. The van der Waals surface area contributed by atoms with E-state index in [2.05, 4.69) is 27.3 Å². The van der Waals surface area contributed by atoms with Crippen molar-refractivity contribution in [3.63, 3.8) is 0 Å². The van der Waals surface area contributed by atoms with E-state index in [1.54, 1.807) is 10.6 Å². The molecule has 1 aliphatic rings. The summed E-state index contributed by atoms with van der Waals surface area (Å²) in [5, 5.41) is 12.1. The highest BCUT2D eigenvalue weighted by Crippen LogP contribution is 2.29. The summed E-state index contributed by atoms with van der Waals surface area (Å²) < 4.78 is 2.61. The van der Waals surface area contributed by atoms with E-state index in [4.69, 9.17) is 0 Å². The minimum Gasteiger partial charge on any atom is -0.345 e. The zero-order chi connectivity index (χ0) is 12.5. The summed E-state index contributed by atoms with van der Waals surface area (Å²) in [5.74, 6) is -0.179. The van der Waals surface area contributed by atoms with Crippen LogP contribution in [0.2, 0.25) is 0 Å². The van der Waals surface area contributed by atoms with Gasteiger partial charge in [0, 0.05) is 17.7 Å². The van der Waals surface area contributed by atoms with Crippen LogP contribution in [0.25, 0.3) is 0 Å². The molecule has 0 aliphatic heterocycles. The first kappa shape index (κ1) is 12.2. The number of amides is 1. The molecule has 2 rings (SSSR count). The first-order valence-electron chi connectivity index (χ1n) is 5.62. The molecule has 5 heteroatoms. The summed E-state index contributed by atoms with van der Waals surface area (Å²) in [5.41, 5.74) is -0.0909. The minimum atomic E-state index is -0.659. The summed E-state index contributed by atoms with van der Waals surface area (Å²) in [4.78, 5) is 12.1. The first-order chi connectivity index (χ1) is 8.06. The van der Waals surface area contributed by atoms with Crippen LogP contribution >= 0.6 is 15.9 Å². The van der Waals surface area contributed by atoms with Crippen LogP contribution in [0, 0.1) is 11.3 Å². The molecule has 1 saturated carbocycles. The highest BCUT2D eigenvalue weighted by Gasteiger charge is 2.36. The second kappa shape index (κ2) is 4.53. The number of nitrogens with one attached hydrogen (secondary N) is 1. The average molecular weight is 296 g/mol. The molecule has 0 unspecified atom stereocenters. The Balaban J connectivity index is 2.17. The molecule has 4 nitrogen and oxygen atoms in total. The van der Waals surface area contributed by atoms with Crippen LogP contribution in [0.3, 0.4) is 0 Å². The molecule has 1 aromatic rings. The summed E-state index contributed by atoms with van der Waals surface area (Å²) in [6.45, 7) is 0. The van der Waals surface area contributed by atoms with Gasteiger partial charge in [-0.15, -0.1) is 0 Å². The lowest BCUT2D eigenvalue weighted by atomic mass is 10.00. The van der Waals surface area contributed by atoms with Gasteiger partial charge in [-0.2, -0.15) is 5.26 Å². The van der Waals surface area contributed by atoms with E-state index in [1.165, 1.54) is 0 Å². The lowest BCUT2D eigenvalue weighted by Gasteiger charge is -2.21. The van der Waals surface area contributed by atoms with Crippen LogP contribution in [0.4, 0.5) is 0 Å². The Hall–Kier alpha value is -1.28. The van der Waals surface area contributed by atoms with Crippen molar-refractivity contribution >= 4 is 21.8 Å². The Morgan fingerprint density at radius 1 is 1.59 bits per heavy atom. The van der Waals surface area contributed by atoms with Gasteiger partial charge in [0.25, 0.3) is 5.91 Å². The molecule has 0 spiro atoms. The van der Waals surface area contributed by atoms with Crippen molar-refractivity contribution < 1.29 is 4.79 Å². The van der Waals surface area contributed by atoms with Crippen LogP contribution in [0.5, 0.6) is 0 Å². The van der Waals surface area contributed by atoms with Gasteiger partial charge in [0.15, 0.2) is 0 Å². The molecule has 0 aromatic carbocycles. The van der Waals surface area contributed by atoms with Gasteiger partial charge in [0.1, 0.15) is 11.2 Å². The quantitative estimate of drug-likeness (QED) is 0.910.